The number of hydrogen-bond acceptors (Lipinski definition) is 6. The Morgan fingerprint density at radius 2 is 1.76 bits per heavy atom. The molecule has 0 spiro atoms. The van der Waals surface area contributed by atoms with Gasteiger partial charge < -0.3 is 23.9 Å². The fraction of sp³-hybridized carbons (Fsp3) is 0.286. The van der Waals surface area contributed by atoms with E-state index in [1.807, 2.05) is 0 Å². The molecule has 0 unspecified atom stereocenters. The van der Waals surface area contributed by atoms with Crippen molar-refractivity contribution in [2.75, 3.05) is 28.4 Å². The van der Waals surface area contributed by atoms with Crippen molar-refractivity contribution in [2.45, 2.75) is 0 Å². The first-order valence-electron chi connectivity index (χ1n) is 6.01. The summed E-state index contributed by atoms with van der Waals surface area (Å²) in [4.78, 5) is 25.9. The van der Waals surface area contributed by atoms with Crippen LogP contribution < -0.4 is 14.2 Å². The summed E-state index contributed by atoms with van der Waals surface area (Å²) < 4.78 is 20.5. The number of carbonyl (C=O) groups excluding carboxylic acids is 2. The first kappa shape index (κ1) is 14.7. The second-order valence-corrected chi connectivity index (χ2v) is 4.09. The van der Waals surface area contributed by atoms with Gasteiger partial charge in [0.15, 0.2) is 17.8 Å². The van der Waals surface area contributed by atoms with E-state index in [1.54, 1.807) is 6.07 Å². The number of aldehydes is 1. The first-order valence-corrected chi connectivity index (χ1v) is 6.01. The van der Waals surface area contributed by atoms with Crippen molar-refractivity contribution >= 4 is 23.2 Å². The van der Waals surface area contributed by atoms with Crippen molar-refractivity contribution in [2.24, 2.45) is 0 Å². The predicted octanol–water partition coefficient (Wildman–Crippen LogP) is 1.79. The number of nitrogens with one attached hydrogen (secondary N) is 1. The van der Waals surface area contributed by atoms with Crippen LogP contribution in [0.1, 0.15) is 20.8 Å². The monoisotopic (exact) mass is 293 g/mol. The summed E-state index contributed by atoms with van der Waals surface area (Å²) in [5, 5.41) is 0.486. The molecular formula is C14H15NO6. The van der Waals surface area contributed by atoms with E-state index < -0.39 is 5.97 Å². The lowest BCUT2D eigenvalue weighted by molar-refractivity contribution is 0.0593. The lowest BCUT2D eigenvalue weighted by atomic mass is 10.1. The summed E-state index contributed by atoms with van der Waals surface area (Å²) in [6.45, 7) is 0. The van der Waals surface area contributed by atoms with Gasteiger partial charge in [-0.25, -0.2) is 4.79 Å². The maximum absolute atomic E-state index is 11.8. The van der Waals surface area contributed by atoms with Gasteiger partial charge in [0.2, 0.25) is 5.75 Å². The van der Waals surface area contributed by atoms with Gasteiger partial charge in [0.1, 0.15) is 5.69 Å². The molecule has 7 heteroatoms. The topological polar surface area (TPSA) is 86.9 Å². The van der Waals surface area contributed by atoms with Crippen LogP contribution in [0.4, 0.5) is 0 Å². The Labute approximate surface area is 120 Å². The molecular weight excluding hydrogens is 278 g/mol. The predicted molar refractivity (Wildman–Crippen MR) is 74.7 cm³/mol. The minimum Gasteiger partial charge on any atom is -0.493 e. The molecule has 0 aliphatic rings. The van der Waals surface area contributed by atoms with Crippen LogP contribution in [0.5, 0.6) is 17.2 Å². The quantitative estimate of drug-likeness (QED) is 0.668. The summed E-state index contributed by atoms with van der Waals surface area (Å²) in [6, 6.07) is 1.60. The SMILES string of the molecule is COC(=O)c1[nH]c2c(OC)c(OC)c(OC)cc2c1C=O. The van der Waals surface area contributed by atoms with E-state index in [0.717, 1.165) is 0 Å². The molecule has 112 valence electrons. The molecule has 2 aromatic rings. The average molecular weight is 293 g/mol. The number of H-pyrrole nitrogens is 1. The molecule has 1 N–H and O–H groups in total. The third-order valence-corrected chi connectivity index (χ3v) is 3.15. The number of esters is 1. The van der Waals surface area contributed by atoms with Crippen LogP contribution in [0.25, 0.3) is 10.9 Å². The Kier molecular flexibility index (Phi) is 4.02. The van der Waals surface area contributed by atoms with Gasteiger partial charge in [0.25, 0.3) is 0 Å². The van der Waals surface area contributed by atoms with Crippen LogP contribution in [0.3, 0.4) is 0 Å². The molecule has 0 amide bonds. The summed E-state index contributed by atoms with van der Waals surface area (Å²) in [7, 11) is 5.63. The minimum atomic E-state index is -0.645. The number of rotatable bonds is 5. The molecule has 1 aromatic heterocycles. The average Bonchev–Trinajstić information content (AvgIpc) is 2.89. The van der Waals surface area contributed by atoms with Gasteiger partial charge in [0.05, 0.1) is 39.5 Å². The fourth-order valence-electron chi connectivity index (χ4n) is 2.21. The molecule has 0 bridgehead atoms. The van der Waals surface area contributed by atoms with Crippen molar-refractivity contribution < 1.29 is 28.5 Å². The standard InChI is InChI=1S/C14H15NO6/c1-18-9-5-7-8(6-16)11(14(17)21-4)15-10(7)13(20-3)12(9)19-2/h5-6,15H,1-4H3. The molecule has 1 aromatic carbocycles. The molecule has 2 rings (SSSR count). The van der Waals surface area contributed by atoms with E-state index in [4.69, 9.17) is 14.2 Å². The van der Waals surface area contributed by atoms with Crippen LogP contribution in [0.2, 0.25) is 0 Å². The Bertz CT molecular complexity index is 703. The number of aromatic amines is 1. The van der Waals surface area contributed by atoms with Gasteiger partial charge in [0, 0.05) is 5.39 Å². The van der Waals surface area contributed by atoms with E-state index in [9.17, 15) is 9.59 Å². The smallest absolute Gasteiger partial charge is 0.355 e. The highest BCUT2D eigenvalue weighted by molar-refractivity contribution is 6.10. The van der Waals surface area contributed by atoms with Crippen molar-refractivity contribution in [3.63, 3.8) is 0 Å². The molecule has 0 saturated carbocycles. The van der Waals surface area contributed by atoms with Crippen LogP contribution in [0.15, 0.2) is 6.07 Å². The number of carbonyl (C=O) groups is 2. The number of hydrogen-bond donors (Lipinski definition) is 1. The lowest BCUT2D eigenvalue weighted by Gasteiger charge is -2.12. The Hall–Kier alpha value is -2.70. The third kappa shape index (κ3) is 2.16. The maximum atomic E-state index is 11.8. The van der Waals surface area contributed by atoms with Crippen LogP contribution >= 0.6 is 0 Å². The molecule has 0 fully saturated rings. The number of benzene rings is 1. The Balaban J connectivity index is 2.90. The molecule has 21 heavy (non-hydrogen) atoms. The molecule has 0 radical (unpaired) electrons. The highest BCUT2D eigenvalue weighted by Crippen LogP contribution is 2.44. The largest absolute Gasteiger partial charge is 0.493 e. The van der Waals surface area contributed by atoms with Crippen LogP contribution in [0, 0.1) is 0 Å². The number of fused-ring (bicyclic) bond motifs is 1. The minimum absolute atomic E-state index is 0.0520. The van der Waals surface area contributed by atoms with E-state index in [-0.39, 0.29) is 11.3 Å². The second-order valence-electron chi connectivity index (χ2n) is 4.09. The summed E-state index contributed by atoms with van der Waals surface area (Å²) in [5.41, 5.74) is 0.685. The zero-order valence-electron chi connectivity index (χ0n) is 12.1. The Morgan fingerprint density at radius 1 is 1.10 bits per heavy atom. The number of aromatic nitrogens is 1. The van der Waals surface area contributed by atoms with Crippen LogP contribution in [-0.2, 0) is 4.74 Å². The zero-order chi connectivity index (χ0) is 15.6. The van der Waals surface area contributed by atoms with Gasteiger partial charge in [-0.05, 0) is 6.07 Å². The van der Waals surface area contributed by atoms with E-state index >= 15 is 0 Å². The van der Waals surface area contributed by atoms with Crippen molar-refractivity contribution in [1.29, 1.82) is 0 Å². The van der Waals surface area contributed by atoms with Gasteiger partial charge in [-0.3, -0.25) is 4.79 Å². The lowest BCUT2D eigenvalue weighted by Crippen LogP contribution is -2.04. The second kappa shape index (κ2) is 5.74. The van der Waals surface area contributed by atoms with Crippen molar-refractivity contribution in [3.8, 4) is 17.2 Å². The van der Waals surface area contributed by atoms with Crippen molar-refractivity contribution in [3.05, 3.63) is 17.3 Å². The summed E-state index contributed by atoms with van der Waals surface area (Å²) in [5.74, 6) is 0.446. The molecule has 0 aliphatic carbocycles. The van der Waals surface area contributed by atoms with E-state index in [2.05, 4.69) is 9.72 Å². The zero-order valence-corrected chi connectivity index (χ0v) is 12.1. The first-order chi connectivity index (χ1) is 10.1. The summed E-state index contributed by atoms with van der Waals surface area (Å²) >= 11 is 0. The highest BCUT2D eigenvalue weighted by Gasteiger charge is 2.24. The molecule has 0 saturated heterocycles. The van der Waals surface area contributed by atoms with Gasteiger partial charge in [-0.1, -0.05) is 0 Å². The number of methoxy groups -OCH3 is 4. The normalized spacial score (nSPS) is 10.3. The van der Waals surface area contributed by atoms with E-state index in [1.165, 1.54) is 28.4 Å². The third-order valence-electron chi connectivity index (χ3n) is 3.15. The molecule has 0 atom stereocenters. The van der Waals surface area contributed by atoms with E-state index in [0.29, 0.717) is 34.4 Å². The molecule has 0 aliphatic heterocycles. The highest BCUT2D eigenvalue weighted by atomic mass is 16.5. The van der Waals surface area contributed by atoms with Gasteiger partial charge in [-0.2, -0.15) is 0 Å². The summed E-state index contributed by atoms with van der Waals surface area (Å²) in [6.07, 6.45) is 0.580. The van der Waals surface area contributed by atoms with Crippen LogP contribution in [-0.4, -0.2) is 45.7 Å². The fourth-order valence-corrected chi connectivity index (χ4v) is 2.21. The molecule has 1 heterocycles. The van der Waals surface area contributed by atoms with Crippen molar-refractivity contribution in [1.82, 2.24) is 4.98 Å². The Morgan fingerprint density at radius 3 is 2.24 bits per heavy atom. The molecule has 7 nitrogen and oxygen atoms in total. The van der Waals surface area contributed by atoms with Gasteiger partial charge in [-0.15, -0.1) is 0 Å². The van der Waals surface area contributed by atoms with Gasteiger partial charge >= 0.3 is 5.97 Å². The number of ether oxygens (including phenoxy) is 4. The maximum Gasteiger partial charge on any atom is 0.355 e.